The number of aliphatic carboxylic acids is 1. The Morgan fingerprint density at radius 3 is 2.44 bits per heavy atom. The summed E-state index contributed by atoms with van der Waals surface area (Å²) in [6, 6.07) is -1.15. The van der Waals surface area contributed by atoms with E-state index in [4.69, 9.17) is 16.6 Å². The molecule has 0 aromatic carbocycles. The second kappa shape index (κ2) is 6.28. The van der Waals surface area contributed by atoms with Crippen LogP contribution in [0.5, 0.6) is 0 Å². The number of nitrogens with zero attached hydrogens (tertiary/aromatic N) is 1. The Hall–Kier alpha value is -1.35. The highest BCUT2D eigenvalue weighted by atomic mass is 32.2. The van der Waals surface area contributed by atoms with Gasteiger partial charge in [0.2, 0.25) is 10.0 Å². The Morgan fingerprint density at radius 1 is 1.50 bits per heavy atom. The predicted molar refractivity (Wildman–Crippen MR) is 59.3 cm³/mol. The molecule has 0 aliphatic rings. The molecule has 0 rings (SSSR count). The van der Waals surface area contributed by atoms with Gasteiger partial charge in [0.15, 0.2) is 5.96 Å². The van der Waals surface area contributed by atoms with E-state index in [1.165, 1.54) is 0 Å². The highest BCUT2D eigenvalue weighted by Gasteiger charge is 2.20. The minimum absolute atomic E-state index is 0.0806. The molecule has 0 aliphatic carbocycles. The van der Waals surface area contributed by atoms with Crippen molar-refractivity contribution in [1.82, 2.24) is 4.72 Å². The van der Waals surface area contributed by atoms with Gasteiger partial charge in [-0.25, -0.2) is 13.1 Å². The second-order valence-corrected chi connectivity index (χ2v) is 5.01. The Bertz CT molecular complexity index is 361. The third kappa shape index (κ3) is 8.00. The van der Waals surface area contributed by atoms with Crippen LogP contribution in [0, 0.1) is 0 Å². The van der Waals surface area contributed by atoms with Gasteiger partial charge in [-0.2, -0.15) is 0 Å². The van der Waals surface area contributed by atoms with Crippen molar-refractivity contribution in [2.45, 2.75) is 18.9 Å². The molecule has 0 amide bonds. The number of rotatable bonds is 7. The van der Waals surface area contributed by atoms with E-state index in [9.17, 15) is 13.2 Å². The zero-order chi connectivity index (χ0) is 12.8. The van der Waals surface area contributed by atoms with Crippen molar-refractivity contribution >= 4 is 22.0 Å². The molecular formula is C7H16N4O4S. The molecule has 8 nitrogen and oxygen atoms in total. The van der Waals surface area contributed by atoms with E-state index in [0.29, 0.717) is 6.42 Å². The van der Waals surface area contributed by atoms with E-state index in [1.54, 1.807) is 0 Å². The minimum Gasteiger partial charge on any atom is -0.480 e. The summed E-state index contributed by atoms with van der Waals surface area (Å²) in [5, 5.41) is 8.73. The van der Waals surface area contributed by atoms with E-state index >= 15 is 0 Å². The summed E-state index contributed by atoms with van der Waals surface area (Å²) in [7, 11) is -3.54. The van der Waals surface area contributed by atoms with Crippen LogP contribution in [0.25, 0.3) is 0 Å². The van der Waals surface area contributed by atoms with Gasteiger partial charge >= 0.3 is 5.97 Å². The molecule has 0 radical (unpaired) electrons. The topological polar surface area (TPSA) is 148 Å². The van der Waals surface area contributed by atoms with Crippen LogP contribution < -0.4 is 16.2 Å². The molecule has 1 unspecified atom stereocenters. The van der Waals surface area contributed by atoms with Crippen molar-refractivity contribution in [2.24, 2.45) is 16.5 Å². The average molecular weight is 252 g/mol. The molecule has 94 valence electrons. The van der Waals surface area contributed by atoms with Crippen LogP contribution in [0.1, 0.15) is 12.8 Å². The van der Waals surface area contributed by atoms with Gasteiger partial charge in [0.25, 0.3) is 0 Å². The van der Waals surface area contributed by atoms with Crippen LogP contribution in [0.15, 0.2) is 4.99 Å². The zero-order valence-corrected chi connectivity index (χ0v) is 9.70. The molecule has 6 N–H and O–H groups in total. The molecule has 0 bridgehead atoms. The van der Waals surface area contributed by atoms with Gasteiger partial charge in [0.05, 0.1) is 6.26 Å². The highest BCUT2D eigenvalue weighted by Crippen LogP contribution is 1.99. The summed E-state index contributed by atoms with van der Waals surface area (Å²) in [5.41, 5.74) is 10.1. The first-order valence-corrected chi connectivity index (χ1v) is 6.37. The van der Waals surface area contributed by atoms with Gasteiger partial charge in [-0.05, 0) is 12.8 Å². The number of hydrogen-bond acceptors (Lipinski definition) is 4. The number of carboxylic acid groups (broad SMARTS) is 1. The van der Waals surface area contributed by atoms with Crippen molar-refractivity contribution in [3.05, 3.63) is 0 Å². The van der Waals surface area contributed by atoms with Crippen LogP contribution in [0.2, 0.25) is 0 Å². The Kier molecular flexibility index (Phi) is 5.75. The summed E-state index contributed by atoms with van der Waals surface area (Å²) >= 11 is 0. The summed E-state index contributed by atoms with van der Waals surface area (Å²) < 4.78 is 23.7. The van der Waals surface area contributed by atoms with E-state index in [-0.39, 0.29) is 18.9 Å². The Morgan fingerprint density at radius 2 is 2.06 bits per heavy atom. The zero-order valence-electron chi connectivity index (χ0n) is 8.88. The summed E-state index contributed by atoms with van der Waals surface area (Å²) in [6.07, 6.45) is 1.40. The number of aliphatic imine (C=N–C) groups is 1. The quantitative estimate of drug-likeness (QED) is 0.235. The summed E-state index contributed by atoms with van der Waals surface area (Å²) in [4.78, 5) is 14.3. The lowest BCUT2D eigenvalue weighted by Gasteiger charge is -2.11. The maximum absolute atomic E-state index is 10.8. The Labute approximate surface area is 93.8 Å². The smallest absolute Gasteiger partial charge is 0.321 e. The third-order valence-corrected chi connectivity index (χ3v) is 2.31. The maximum Gasteiger partial charge on any atom is 0.321 e. The average Bonchev–Trinajstić information content (AvgIpc) is 2.07. The van der Waals surface area contributed by atoms with Crippen molar-refractivity contribution in [3.63, 3.8) is 0 Å². The first-order valence-electron chi connectivity index (χ1n) is 4.48. The minimum atomic E-state index is -3.54. The van der Waals surface area contributed by atoms with Gasteiger partial charge < -0.3 is 16.6 Å². The molecular weight excluding hydrogens is 236 g/mol. The number of guanidine groups is 1. The predicted octanol–water partition coefficient (Wildman–Crippen LogP) is -1.96. The fourth-order valence-electron chi connectivity index (χ4n) is 0.995. The van der Waals surface area contributed by atoms with E-state index in [0.717, 1.165) is 6.26 Å². The van der Waals surface area contributed by atoms with Crippen molar-refractivity contribution in [1.29, 1.82) is 0 Å². The molecule has 0 heterocycles. The molecule has 0 aromatic rings. The highest BCUT2D eigenvalue weighted by molar-refractivity contribution is 7.88. The number of sulfonamides is 1. The lowest BCUT2D eigenvalue weighted by Crippen LogP contribution is -2.40. The van der Waals surface area contributed by atoms with Crippen LogP contribution >= 0.6 is 0 Å². The molecule has 9 heteroatoms. The number of nitrogens with one attached hydrogen (secondary N) is 1. The van der Waals surface area contributed by atoms with Crippen LogP contribution in [-0.4, -0.2) is 44.3 Å². The molecule has 0 fully saturated rings. The molecule has 16 heavy (non-hydrogen) atoms. The normalized spacial score (nSPS) is 13.1. The van der Waals surface area contributed by atoms with Gasteiger partial charge in [0, 0.05) is 6.54 Å². The van der Waals surface area contributed by atoms with Crippen LogP contribution in [0.4, 0.5) is 0 Å². The summed E-state index contributed by atoms with van der Waals surface area (Å²) in [6.45, 7) is 0.261. The van der Waals surface area contributed by atoms with Gasteiger partial charge in [-0.15, -0.1) is 0 Å². The van der Waals surface area contributed by atoms with Gasteiger partial charge in [0.1, 0.15) is 6.04 Å². The number of carbonyl (C=O) groups is 1. The number of hydrogen-bond donors (Lipinski definition) is 4. The van der Waals surface area contributed by atoms with Crippen LogP contribution in [-0.2, 0) is 14.8 Å². The molecule has 1 atom stereocenters. The molecule has 0 aromatic heterocycles. The van der Waals surface area contributed by atoms with E-state index in [2.05, 4.69) is 4.99 Å². The van der Waals surface area contributed by atoms with Crippen LogP contribution in [0.3, 0.4) is 0 Å². The standard InChI is InChI=1S/C7H16N4O4S/c1-16(14,15)11-5(6(12)13)3-2-4-10-7(8)9/h5,11H,2-4H2,1H3,(H,12,13)(H4,8,9,10). The first kappa shape index (κ1) is 14.6. The largest absolute Gasteiger partial charge is 0.480 e. The number of carboxylic acids is 1. The van der Waals surface area contributed by atoms with Gasteiger partial charge in [-0.3, -0.25) is 9.79 Å². The molecule has 0 saturated carbocycles. The number of nitrogens with two attached hydrogens (primary N) is 2. The fourth-order valence-corrected chi connectivity index (χ4v) is 1.73. The molecule has 0 saturated heterocycles. The fraction of sp³-hybridized carbons (Fsp3) is 0.714. The Balaban J connectivity index is 4.16. The first-order chi connectivity index (χ1) is 7.22. The molecule has 0 aliphatic heterocycles. The monoisotopic (exact) mass is 252 g/mol. The van der Waals surface area contributed by atoms with Crippen molar-refractivity contribution < 1.29 is 18.3 Å². The van der Waals surface area contributed by atoms with Crippen molar-refractivity contribution in [2.75, 3.05) is 12.8 Å². The van der Waals surface area contributed by atoms with Gasteiger partial charge in [-0.1, -0.05) is 0 Å². The third-order valence-electron chi connectivity index (χ3n) is 1.60. The van der Waals surface area contributed by atoms with Crippen molar-refractivity contribution in [3.8, 4) is 0 Å². The summed E-state index contributed by atoms with van der Waals surface area (Å²) in [5.74, 6) is -1.31. The molecule has 0 spiro atoms. The second-order valence-electron chi connectivity index (χ2n) is 3.23. The van der Waals surface area contributed by atoms with E-state index in [1.807, 2.05) is 4.72 Å². The van der Waals surface area contributed by atoms with E-state index < -0.39 is 22.0 Å². The maximum atomic E-state index is 10.8. The lowest BCUT2D eigenvalue weighted by atomic mass is 10.2. The SMILES string of the molecule is CS(=O)(=O)NC(CCCN=C(N)N)C(=O)O. The lowest BCUT2D eigenvalue weighted by molar-refractivity contribution is -0.139.